The number of anilines is 2. The Morgan fingerprint density at radius 3 is 2.23 bits per heavy atom. The molecule has 3 N–H and O–H groups in total. The van der Waals surface area contributed by atoms with Crippen LogP contribution in [-0.4, -0.2) is 24.3 Å². The third-order valence-electron chi connectivity index (χ3n) is 3.33. The van der Waals surface area contributed by atoms with Gasteiger partial charge >= 0.3 is 0 Å². The number of amides is 3. The van der Waals surface area contributed by atoms with Crippen molar-refractivity contribution in [1.82, 2.24) is 5.32 Å². The van der Waals surface area contributed by atoms with Crippen LogP contribution in [0.15, 0.2) is 64.6 Å². The molecule has 7 nitrogen and oxygen atoms in total. The molecule has 0 unspecified atom stereocenters. The van der Waals surface area contributed by atoms with E-state index in [1.165, 1.54) is 17.6 Å². The average molecular weight is 369 g/mol. The summed E-state index contributed by atoms with van der Waals surface area (Å²) in [6.07, 6.45) is 1.42. The van der Waals surface area contributed by atoms with E-state index in [1.54, 1.807) is 53.9 Å². The summed E-state index contributed by atoms with van der Waals surface area (Å²) in [6.45, 7) is -0.131. The Bertz CT molecular complexity index is 887. The van der Waals surface area contributed by atoms with E-state index >= 15 is 0 Å². The van der Waals surface area contributed by atoms with Gasteiger partial charge in [-0.25, -0.2) is 0 Å². The highest BCUT2D eigenvalue weighted by Gasteiger charge is 2.10. The van der Waals surface area contributed by atoms with Crippen molar-refractivity contribution in [2.45, 2.75) is 0 Å². The zero-order valence-electron chi connectivity index (χ0n) is 13.5. The van der Waals surface area contributed by atoms with Crippen LogP contribution in [0.5, 0.6) is 0 Å². The smallest absolute Gasteiger partial charge is 0.291 e. The van der Waals surface area contributed by atoms with Crippen LogP contribution in [0.25, 0.3) is 0 Å². The molecule has 3 amide bonds. The first-order valence-electron chi connectivity index (χ1n) is 7.68. The fourth-order valence-corrected chi connectivity index (χ4v) is 2.74. The summed E-state index contributed by atoms with van der Waals surface area (Å²) in [7, 11) is 0. The number of carbonyl (C=O) groups excluding carboxylic acids is 3. The maximum absolute atomic E-state index is 11.9. The third-order valence-corrected chi connectivity index (χ3v) is 4.19. The van der Waals surface area contributed by atoms with Gasteiger partial charge in [0.2, 0.25) is 5.91 Å². The molecule has 0 spiro atoms. The number of carbonyl (C=O) groups is 3. The predicted octanol–water partition coefficient (Wildman–Crippen LogP) is 2.96. The topological polar surface area (TPSA) is 100 Å². The van der Waals surface area contributed by atoms with Crippen LogP contribution in [0, 0.1) is 0 Å². The van der Waals surface area contributed by atoms with Crippen molar-refractivity contribution in [2.75, 3.05) is 17.2 Å². The van der Waals surface area contributed by atoms with Gasteiger partial charge in [0.1, 0.15) is 0 Å². The Morgan fingerprint density at radius 1 is 0.885 bits per heavy atom. The molecule has 0 saturated heterocycles. The van der Waals surface area contributed by atoms with Gasteiger partial charge in [0.15, 0.2) is 5.76 Å². The normalized spacial score (nSPS) is 10.2. The highest BCUT2D eigenvalue weighted by atomic mass is 32.1. The summed E-state index contributed by atoms with van der Waals surface area (Å²) >= 11 is 1.31. The number of thiophene rings is 1. The third kappa shape index (κ3) is 4.58. The Kier molecular flexibility index (Phi) is 5.45. The molecule has 0 radical (unpaired) electrons. The summed E-state index contributed by atoms with van der Waals surface area (Å²) in [5.41, 5.74) is 1.12. The summed E-state index contributed by atoms with van der Waals surface area (Å²) in [4.78, 5) is 36.1. The Balaban J connectivity index is 1.48. The minimum absolute atomic E-state index is 0.131. The molecule has 1 aromatic carbocycles. The molecule has 0 aliphatic heterocycles. The first kappa shape index (κ1) is 17.4. The van der Waals surface area contributed by atoms with E-state index < -0.39 is 0 Å². The Labute approximate surface area is 153 Å². The lowest BCUT2D eigenvalue weighted by Crippen LogP contribution is -2.32. The van der Waals surface area contributed by atoms with Crippen molar-refractivity contribution in [2.24, 2.45) is 0 Å². The molecular formula is C18H15N3O4S. The highest BCUT2D eigenvalue weighted by molar-refractivity contribution is 7.12. The molecule has 2 heterocycles. The second kappa shape index (κ2) is 8.13. The van der Waals surface area contributed by atoms with Gasteiger partial charge in [0.25, 0.3) is 11.8 Å². The molecule has 2 aromatic heterocycles. The van der Waals surface area contributed by atoms with E-state index in [4.69, 9.17) is 4.42 Å². The van der Waals surface area contributed by atoms with Crippen LogP contribution in [-0.2, 0) is 4.79 Å². The second-order valence-electron chi connectivity index (χ2n) is 5.22. The molecule has 8 heteroatoms. The minimum Gasteiger partial charge on any atom is -0.459 e. The molecule has 0 saturated carbocycles. The number of benzene rings is 1. The summed E-state index contributed by atoms with van der Waals surface area (Å²) in [5.74, 6) is -0.777. The second-order valence-corrected chi connectivity index (χ2v) is 6.16. The van der Waals surface area contributed by atoms with Gasteiger partial charge in [0.05, 0.1) is 17.7 Å². The van der Waals surface area contributed by atoms with Gasteiger partial charge in [-0.2, -0.15) is 0 Å². The van der Waals surface area contributed by atoms with Crippen LogP contribution in [0.1, 0.15) is 20.2 Å². The van der Waals surface area contributed by atoms with Gasteiger partial charge in [0, 0.05) is 11.4 Å². The lowest BCUT2D eigenvalue weighted by Gasteiger charge is -2.08. The van der Waals surface area contributed by atoms with Crippen molar-refractivity contribution in [3.63, 3.8) is 0 Å². The fourth-order valence-electron chi connectivity index (χ4n) is 2.10. The average Bonchev–Trinajstić information content (AvgIpc) is 3.35. The summed E-state index contributed by atoms with van der Waals surface area (Å²) < 4.78 is 5.01. The van der Waals surface area contributed by atoms with E-state index in [9.17, 15) is 14.4 Å². The molecule has 26 heavy (non-hydrogen) atoms. The first-order valence-corrected chi connectivity index (χ1v) is 8.56. The van der Waals surface area contributed by atoms with Crippen molar-refractivity contribution < 1.29 is 18.8 Å². The lowest BCUT2D eigenvalue weighted by molar-refractivity contribution is -0.115. The van der Waals surface area contributed by atoms with E-state index in [2.05, 4.69) is 16.0 Å². The molecule has 0 aliphatic rings. The number of hydrogen-bond acceptors (Lipinski definition) is 5. The minimum atomic E-state index is -0.358. The zero-order valence-corrected chi connectivity index (χ0v) is 14.3. The SMILES string of the molecule is O=C(CNC(=O)c1cccs1)Nc1ccc(NC(=O)c2ccco2)cc1. The van der Waals surface area contributed by atoms with Gasteiger partial charge in [-0.05, 0) is 47.8 Å². The number of rotatable bonds is 6. The predicted molar refractivity (Wildman–Crippen MR) is 98.4 cm³/mol. The number of hydrogen-bond donors (Lipinski definition) is 3. The maximum Gasteiger partial charge on any atom is 0.291 e. The van der Waals surface area contributed by atoms with Crippen molar-refractivity contribution in [3.8, 4) is 0 Å². The van der Waals surface area contributed by atoms with E-state index in [1.807, 2.05) is 0 Å². The van der Waals surface area contributed by atoms with Crippen LogP contribution in [0.3, 0.4) is 0 Å². The van der Waals surface area contributed by atoms with Gasteiger partial charge < -0.3 is 20.4 Å². The Morgan fingerprint density at radius 2 is 1.62 bits per heavy atom. The van der Waals surface area contributed by atoms with E-state index in [0.717, 1.165) is 0 Å². The monoisotopic (exact) mass is 369 g/mol. The van der Waals surface area contributed by atoms with Crippen molar-refractivity contribution in [3.05, 3.63) is 70.8 Å². The number of nitrogens with one attached hydrogen (secondary N) is 3. The molecule has 3 aromatic rings. The largest absolute Gasteiger partial charge is 0.459 e. The quantitative estimate of drug-likeness (QED) is 0.622. The lowest BCUT2D eigenvalue weighted by atomic mass is 10.2. The summed E-state index contributed by atoms with van der Waals surface area (Å²) in [6, 6.07) is 13.3. The highest BCUT2D eigenvalue weighted by Crippen LogP contribution is 2.15. The van der Waals surface area contributed by atoms with Crippen LogP contribution >= 0.6 is 11.3 Å². The van der Waals surface area contributed by atoms with Crippen LogP contribution < -0.4 is 16.0 Å². The molecular weight excluding hydrogens is 354 g/mol. The molecule has 0 fully saturated rings. The van der Waals surface area contributed by atoms with Gasteiger partial charge in [-0.15, -0.1) is 11.3 Å². The van der Waals surface area contributed by atoms with Crippen LogP contribution in [0.4, 0.5) is 11.4 Å². The van der Waals surface area contributed by atoms with Crippen molar-refractivity contribution in [1.29, 1.82) is 0 Å². The first-order chi connectivity index (χ1) is 12.6. The molecule has 132 valence electrons. The summed E-state index contributed by atoms with van der Waals surface area (Å²) in [5, 5.41) is 9.69. The molecule has 0 aliphatic carbocycles. The van der Waals surface area contributed by atoms with E-state index in [-0.39, 0.29) is 30.0 Å². The molecule has 3 rings (SSSR count). The molecule has 0 atom stereocenters. The van der Waals surface area contributed by atoms with Gasteiger partial charge in [-0.1, -0.05) is 6.07 Å². The maximum atomic E-state index is 11.9. The zero-order chi connectivity index (χ0) is 18.4. The van der Waals surface area contributed by atoms with Crippen molar-refractivity contribution >= 4 is 40.4 Å². The van der Waals surface area contributed by atoms with E-state index in [0.29, 0.717) is 16.3 Å². The standard InChI is InChI=1S/C18H15N3O4S/c22-16(11-19-18(24)15-4-2-10-26-15)20-12-5-7-13(8-6-12)21-17(23)14-3-1-9-25-14/h1-10H,11H2,(H,19,24)(H,20,22)(H,21,23). The van der Waals surface area contributed by atoms with Gasteiger partial charge in [-0.3, -0.25) is 14.4 Å². The molecule has 0 bridgehead atoms. The number of furan rings is 1. The van der Waals surface area contributed by atoms with Crippen LogP contribution in [0.2, 0.25) is 0 Å². The Hall–Kier alpha value is -3.39. The fraction of sp³-hybridized carbons (Fsp3) is 0.0556.